The van der Waals surface area contributed by atoms with Crippen LogP contribution in [0.5, 0.6) is 5.75 Å². The maximum Gasteiger partial charge on any atom is 0.363 e. The number of rotatable bonds is 8. The first-order chi connectivity index (χ1) is 22.6. The zero-order chi connectivity index (χ0) is 32.9. The van der Waals surface area contributed by atoms with Crippen molar-refractivity contribution in [1.82, 2.24) is 20.1 Å². The highest BCUT2D eigenvalue weighted by Gasteiger charge is 2.48. The molecule has 1 aliphatic carbocycles. The first-order valence-corrected chi connectivity index (χ1v) is 18.8. The highest BCUT2D eigenvalue weighted by atomic mass is 32.1. The number of halogens is 1. The van der Waals surface area contributed by atoms with E-state index in [1.165, 1.54) is 37.1 Å². The van der Waals surface area contributed by atoms with E-state index >= 15 is 0 Å². The molecule has 11 nitrogen and oxygen atoms in total. The van der Waals surface area contributed by atoms with Gasteiger partial charge in [0.05, 0.1) is 11.0 Å². The maximum atomic E-state index is 14.3. The molecule has 4 atom stereocenters. The van der Waals surface area contributed by atoms with Crippen molar-refractivity contribution in [2.45, 2.75) is 93.8 Å². The summed E-state index contributed by atoms with van der Waals surface area (Å²) < 4.78 is 32.6. The Morgan fingerprint density at radius 3 is 2.60 bits per heavy atom. The Hall–Kier alpha value is -3.38. The molecule has 3 aromatic rings. The van der Waals surface area contributed by atoms with E-state index < -0.39 is 31.5 Å². The van der Waals surface area contributed by atoms with Crippen molar-refractivity contribution in [3.63, 3.8) is 0 Å². The normalized spacial score (nSPS) is 24.6. The Labute approximate surface area is 275 Å². The van der Waals surface area contributed by atoms with Crippen molar-refractivity contribution in [2.24, 2.45) is 0 Å². The second kappa shape index (κ2) is 12.9. The summed E-state index contributed by atoms with van der Waals surface area (Å²) in [4.78, 5) is 67.6. The standard InChI is InChI=1S/C33H38FN4O7PS/c34-30(46(42,43)44)19-8-11-28-20(14-19)15-29(47-28)31(39)36-25-7-3-4-22-9-10-26(38(22)32(25)40)33(41)37-17-21(18-37)24-16-35-13-12-27(24)45-23-5-1-2-6-23/h8,11-16,21-23,25-26,30H,1-7,9-10,17-18H2,(H,36,39)(H2,42,43,44)/t22-,25-,26-,30?/m0/s1. The molecule has 4 aliphatic rings. The number of hydrogen-bond acceptors (Lipinski definition) is 7. The molecule has 0 spiro atoms. The Kier molecular flexibility index (Phi) is 8.84. The molecule has 4 fully saturated rings. The number of carbonyl (C=O) groups excluding carboxylic acids is 3. The molecule has 7 rings (SSSR count). The number of aromatic nitrogens is 1. The molecule has 0 bridgehead atoms. The van der Waals surface area contributed by atoms with E-state index in [4.69, 9.17) is 4.74 Å². The van der Waals surface area contributed by atoms with Gasteiger partial charge in [0.2, 0.25) is 17.7 Å². The van der Waals surface area contributed by atoms with E-state index in [0.717, 1.165) is 54.8 Å². The van der Waals surface area contributed by atoms with Crippen molar-refractivity contribution < 1.29 is 37.9 Å². The molecule has 3 aliphatic heterocycles. The van der Waals surface area contributed by atoms with Gasteiger partial charge < -0.3 is 29.6 Å². The quantitative estimate of drug-likeness (QED) is 0.280. The van der Waals surface area contributed by atoms with Crippen LogP contribution < -0.4 is 10.1 Å². The lowest BCUT2D eigenvalue weighted by Gasteiger charge is -2.43. The molecular formula is C33H38FN4O7PS. The molecule has 250 valence electrons. The fraction of sp³-hybridized carbons (Fsp3) is 0.515. The van der Waals surface area contributed by atoms with Crippen LogP contribution in [0.4, 0.5) is 4.39 Å². The maximum absolute atomic E-state index is 14.3. The zero-order valence-corrected chi connectivity index (χ0v) is 27.5. The first-order valence-electron chi connectivity index (χ1n) is 16.3. The molecule has 1 aromatic carbocycles. The lowest BCUT2D eigenvalue weighted by Crippen LogP contribution is -2.58. The van der Waals surface area contributed by atoms with E-state index in [9.17, 15) is 33.1 Å². The van der Waals surface area contributed by atoms with Crippen LogP contribution in [0.3, 0.4) is 0 Å². The SMILES string of the molecule is O=C(N[C@H]1CCC[C@H]2CC[C@@H](C(=O)N3CC(c4cnccc4OC4CCCC4)C3)N2C1=O)c1cc2cc(C(F)P(=O)(O)O)ccc2s1. The van der Waals surface area contributed by atoms with Gasteiger partial charge in [0, 0.05) is 47.7 Å². The summed E-state index contributed by atoms with van der Waals surface area (Å²) in [5.41, 5.74) is 0.849. The molecule has 0 radical (unpaired) electrons. The van der Waals surface area contributed by atoms with Crippen LogP contribution in [0, 0.1) is 0 Å². The fourth-order valence-electron chi connectivity index (χ4n) is 7.54. The third-order valence-electron chi connectivity index (χ3n) is 10.0. The van der Waals surface area contributed by atoms with E-state index in [-0.39, 0.29) is 35.4 Å². The molecular weight excluding hydrogens is 646 g/mol. The Morgan fingerprint density at radius 1 is 1.04 bits per heavy atom. The molecule has 3 amide bonds. The predicted octanol–water partition coefficient (Wildman–Crippen LogP) is 5.03. The summed E-state index contributed by atoms with van der Waals surface area (Å²) in [6, 6.07) is 6.17. The van der Waals surface area contributed by atoms with Gasteiger partial charge >= 0.3 is 7.60 Å². The Bertz CT molecular complexity index is 1740. The number of benzene rings is 1. The number of hydrogen-bond donors (Lipinski definition) is 3. The van der Waals surface area contributed by atoms with Crippen LogP contribution in [0.15, 0.2) is 42.7 Å². The third kappa shape index (κ3) is 6.42. The summed E-state index contributed by atoms with van der Waals surface area (Å²) in [5, 5.41) is 3.35. The summed E-state index contributed by atoms with van der Waals surface area (Å²) in [6.07, 6.45) is 11.5. The van der Waals surface area contributed by atoms with E-state index in [1.54, 1.807) is 11.1 Å². The number of alkyl halides is 1. The molecule has 5 heterocycles. The summed E-state index contributed by atoms with van der Waals surface area (Å²) in [6.45, 7) is 1.08. The van der Waals surface area contributed by atoms with Crippen molar-refractivity contribution in [3.05, 3.63) is 58.7 Å². The van der Waals surface area contributed by atoms with Gasteiger partial charge in [-0.25, -0.2) is 4.39 Å². The molecule has 1 unspecified atom stereocenters. The van der Waals surface area contributed by atoms with E-state index in [0.29, 0.717) is 40.9 Å². The molecule has 47 heavy (non-hydrogen) atoms. The number of thiophene rings is 1. The van der Waals surface area contributed by atoms with Crippen LogP contribution in [-0.4, -0.2) is 79.6 Å². The van der Waals surface area contributed by atoms with Crippen LogP contribution >= 0.6 is 18.9 Å². The molecule has 3 N–H and O–H groups in total. The number of nitrogens with zero attached hydrogens (tertiary/aromatic N) is 3. The number of ether oxygens (including phenoxy) is 1. The predicted molar refractivity (Wildman–Crippen MR) is 173 cm³/mol. The van der Waals surface area contributed by atoms with Crippen LogP contribution in [0.2, 0.25) is 0 Å². The minimum absolute atomic E-state index is 0.0504. The monoisotopic (exact) mass is 684 g/mol. The number of pyridine rings is 1. The van der Waals surface area contributed by atoms with Gasteiger partial charge in [0.15, 0.2) is 0 Å². The Balaban J connectivity index is 1.01. The largest absolute Gasteiger partial charge is 0.490 e. The number of amides is 3. The smallest absolute Gasteiger partial charge is 0.363 e. The van der Waals surface area contributed by atoms with Gasteiger partial charge in [-0.15, -0.1) is 11.3 Å². The van der Waals surface area contributed by atoms with Gasteiger partial charge in [-0.05, 0) is 93.0 Å². The number of carbonyl (C=O) groups is 3. The highest BCUT2D eigenvalue weighted by molar-refractivity contribution is 7.51. The highest BCUT2D eigenvalue weighted by Crippen LogP contribution is 2.53. The first kappa shape index (κ1) is 32.2. The van der Waals surface area contributed by atoms with Crippen molar-refractivity contribution in [3.8, 4) is 5.75 Å². The van der Waals surface area contributed by atoms with Gasteiger partial charge in [-0.2, -0.15) is 0 Å². The number of fused-ring (bicyclic) bond motifs is 2. The second-order valence-electron chi connectivity index (χ2n) is 13.2. The molecule has 1 saturated carbocycles. The average Bonchev–Trinajstić information content (AvgIpc) is 3.77. The minimum Gasteiger partial charge on any atom is -0.490 e. The van der Waals surface area contributed by atoms with Gasteiger partial charge in [-0.1, -0.05) is 6.07 Å². The number of likely N-dealkylation sites (tertiary alicyclic amines) is 1. The minimum atomic E-state index is -4.97. The third-order valence-corrected chi connectivity index (χ3v) is 12.1. The van der Waals surface area contributed by atoms with E-state index in [2.05, 4.69) is 10.3 Å². The fourth-order valence-corrected chi connectivity index (χ4v) is 9.04. The lowest BCUT2D eigenvalue weighted by molar-refractivity contribution is -0.148. The van der Waals surface area contributed by atoms with Crippen molar-refractivity contribution in [1.29, 1.82) is 0 Å². The van der Waals surface area contributed by atoms with Gasteiger partial charge in [0.25, 0.3) is 5.91 Å². The van der Waals surface area contributed by atoms with E-state index in [1.807, 2.05) is 17.2 Å². The average molecular weight is 685 g/mol. The van der Waals surface area contributed by atoms with Crippen LogP contribution in [0.1, 0.15) is 90.4 Å². The summed E-state index contributed by atoms with van der Waals surface area (Å²) in [7, 11) is -4.97. The second-order valence-corrected chi connectivity index (χ2v) is 15.9. The zero-order valence-electron chi connectivity index (χ0n) is 25.8. The topological polar surface area (TPSA) is 149 Å². The van der Waals surface area contributed by atoms with Crippen LogP contribution in [-0.2, 0) is 14.2 Å². The molecule has 2 aromatic heterocycles. The number of nitrogens with one attached hydrogen (secondary N) is 1. The van der Waals surface area contributed by atoms with Crippen molar-refractivity contribution in [2.75, 3.05) is 13.1 Å². The summed E-state index contributed by atoms with van der Waals surface area (Å²) in [5.74, 6) is -2.26. The van der Waals surface area contributed by atoms with Gasteiger partial charge in [0.1, 0.15) is 17.8 Å². The van der Waals surface area contributed by atoms with Crippen LogP contribution in [0.25, 0.3) is 10.1 Å². The molecule has 14 heteroatoms. The molecule has 3 saturated heterocycles. The Morgan fingerprint density at radius 2 is 1.83 bits per heavy atom. The van der Waals surface area contributed by atoms with Crippen molar-refractivity contribution >= 4 is 46.7 Å². The van der Waals surface area contributed by atoms with Gasteiger partial charge in [-0.3, -0.25) is 23.9 Å². The lowest BCUT2D eigenvalue weighted by atomic mass is 9.91. The summed E-state index contributed by atoms with van der Waals surface area (Å²) >= 11 is 1.15.